The molecular formula is C15H18FN3O. The van der Waals surface area contributed by atoms with Crippen LogP contribution in [0.3, 0.4) is 0 Å². The van der Waals surface area contributed by atoms with Crippen molar-refractivity contribution in [3.63, 3.8) is 0 Å². The van der Waals surface area contributed by atoms with Crippen molar-refractivity contribution >= 4 is 5.91 Å². The number of benzene rings is 1. The molecule has 20 heavy (non-hydrogen) atoms. The molecule has 1 aromatic carbocycles. The van der Waals surface area contributed by atoms with Crippen molar-refractivity contribution in [1.82, 2.24) is 10.2 Å². The van der Waals surface area contributed by atoms with Gasteiger partial charge in [0.2, 0.25) is 5.91 Å². The van der Waals surface area contributed by atoms with Gasteiger partial charge in [0.25, 0.3) is 0 Å². The Kier molecular flexibility index (Phi) is 4.70. The van der Waals surface area contributed by atoms with Crippen LogP contribution >= 0.6 is 0 Å². The van der Waals surface area contributed by atoms with E-state index < -0.39 is 0 Å². The molecule has 5 heteroatoms. The van der Waals surface area contributed by atoms with Gasteiger partial charge in [0.05, 0.1) is 17.7 Å². The van der Waals surface area contributed by atoms with E-state index in [2.05, 4.69) is 5.32 Å². The van der Waals surface area contributed by atoms with Crippen molar-refractivity contribution in [3.8, 4) is 6.07 Å². The van der Waals surface area contributed by atoms with E-state index in [1.807, 2.05) is 6.07 Å². The molecule has 0 radical (unpaired) electrons. The molecule has 1 N–H and O–H groups in total. The van der Waals surface area contributed by atoms with Gasteiger partial charge in [-0.1, -0.05) is 6.42 Å². The minimum Gasteiger partial charge on any atom is -0.340 e. The molecule has 0 bridgehead atoms. The molecule has 1 saturated heterocycles. The van der Waals surface area contributed by atoms with Crippen LogP contribution in [0, 0.1) is 17.1 Å². The van der Waals surface area contributed by atoms with Gasteiger partial charge < -0.3 is 10.2 Å². The van der Waals surface area contributed by atoms with Crippen LogP contribution in [-0.2, 0) is 11.3 Å². The van der Waals surface area contributed by atoms with Crippen molar-refractivity contribution < 1.29 is 9.18 Å². The molecule has 106 valence electrons. The zero-order valence-electron chi connectivity index (χ0n) is 11.5. The number of carbonyl (C=O) groups is 1. The third-order valence-corrected chi connectivity index (χ3v) is 3.57. The first kappa shape index (κ1) is 14.5. The summed E-state index contributed by atoms with van der Waals surface area (Å²) >= 11 is 0. The van der Waals surface area contributed by atoms with Crippen LogP contribution in [0.15, 0.2) is 18.2 Å². The molecule has 2 rings (SSSR count). The SMILES string of the molecule is CN(Cc1cc(C#N)ccc1F)C(=O)C1CCCCN1. The number of nitrogens with one attached hydrogen (secondary N) is 1. The average Bonchev–Trinajstić information content (AvgIpc) is 2.49. The Labute approximate surface area is 118 Å². The molecule has 0 aromatic heterocycles. The predicted octanol–water partition coefficient (Wildman–Crippen LogP) is 1.80. The van der Waals surface area contributed by atoms with Gasteiger partial charge in [-0.2, -0.15) is 5.26 Å². The van der Waals surface area contributed by atoms with Crippen molar-refractivity contribution in [2.75, 3.05) is 13.6 Å². The lowest BCUT2D eigenvalue weighted by Gasteiger charge is -2.27. The monoisotopic (exact) mass is 275 g/mol. The summed E-state index contributed by atoms with van der Waals surface area (Å²) in [7, 11) is 1.66. The fourth-order valence-electron chi connectivity index (χ4n) is 2.43. The van der Waals surface area contributed by atoms with E-state index in [1.165, 1.54) is 23.1 Å². The topological polar surface area (TPSA) is 56.1 Å². The Morgan fingerprint density at radius 3 is 3.00 bits per heavy atom. The number of amides is 1. The summed E-state index contributed by atoms with van der Waals surface area (Å²) in [4.78, 5) is 13.8. The maximum Gasteiger partial charge on any atom is 0.239 e. The van der Waals surface area contributed by atoms with Crippen LogP contribution in [0.4, 0.5) is 4.39 Å². The highest BCUT2D eigenvalue weighted by molar-refractivity contribution is 5.81. The van der Waals surface area contributed by atoms with Gasteiger partial charge in [0.15, 0.2) is 0 Å². The standard InChI is InChI=1S/C15H18FN3O/c1-19(15(20)14-4-2-3-7-18-14)10-12-8-11(9-17)5-6-13(12)16/h5-6,8,14,18H,2-4,7,10H2,1H3. The molecule has 1 amide bonds. The number of piperidine rings is 1. The Morgan fingerprint density at radius 2 is 2.35 bits per heavy atom. The summed E-state index contributed by atoms with van der Waals surface area (Å²) in [6.07, 6.45) is 2.95. The van der Waals surface area contributed by atoms with Crippen LogP contribution in [0.1, 0.15) is 30.4 Å². The number of nitriles is 1. The maximum absolute atomic E-state index is 13.7. The lowest BCUT2D eigenvalue weighted by Crippen LogP contribution is -2.47. The highest BCUT2D eigenvalue weighted by Gasteiger charge is 2.24. The number of nitrogens with zero attached hydrogens (tertiary/aromatic N) is 2. The number of hydrogen-bond acceptors (Lipinski definition) is 3. The molecular weight excluding hydrogens is 257 g/mol. The molecule has 1 aliphatic rings. The van der Waals surface area contributed by atoms with Gasteiger partial charge in [0.1, 0.15) is 5.82 Å². The second kappa shape index (κ2) is 6.49. The number of halogens is 1. The predicted molar refractivity (Wildman–Crippen MR) is 73.2 cm³/mol. The summed E-state index contributed by atoms with van der Waals surface area (Å²) in [5.74, 6) is -0.410. The normalized spacial score (nSPS) is 18.4. The second-order valence-electron chi connectivity index (χ2n) is 5.11. The van der Waals surface area contributed by atoms with Gasteiger partial charge in [-0.15, -0.1) is 0 Å². The maximum atomic E-state index is 13.7. The lowest BCUT2D eigenvalue weighted by molar-refractivity contribution is -0.133. The lowest BCUT2D eigenvalue weighted by atomic mass is 10.0. The van der Waals surface area contributed by atoms with Crippen LogP contribution in [0.25, 0.3) is 0 Å². The molecule has 0 saturated carbocycles. The number of carbonyl (C=O) groups excluding carboxylic acids is 1. The van der Waals surface area contributed by atoms with Gasteiger partial charge >= 0.3 is 0 Å². The van der Waals surface area contributed by atoms with E-state index in [0.29, 0.717) is 11.1 Å². The molecule has 1 aliphatic heterocycles. The molecule has 1 atom stereocenters. The first-order chi connectivity index (χ1) is 9.61. The third-order valence-electron chi connectivity index (χ3n) is 3.57. The molecule has 0 aliphatic carbocycles. The van der Waals surface area contributed by atoms with Crippen molar-refractivity contribution in [1.29, 1.82) is 5.26 Å². The molecule has 0 spiro atoms. The number of rotatable bonds is 3. The Hall–Kier alpha value is -1.93. The van der Waals surface area contributed by atoms with Gasteiger partial charge in [-0.05, 0) is 37.6 Å². The number of likely N-dealkylation sites (N-methyl/N-ethyl adjacent to an activating group) is 1. The summed E-state index contributed by atoms with van der Waals surface area (Å²) in [6.45, 7) is 1.03. The first-order valence-corrected chi connectivity index (χ1v) is 6.78. The Bertz CT molecular complexity index is 532. The highest BCUT2D eigenvalue weighted by atomic mass is 19.1. The van der Waals surface area contributed by atoms with Gasteiger partial charge in [-0.3, -0.25) is 4.79 Å². The summed E-state index contributed by atoms with van der Waals surface area (Å²) in [5, 5.41) is 12.0. The molecule has 1 unspecified atom stereocenters. The van der Waals surface area contributed by atoms with Crippen LogP contribution in [0.5, 0.6) is 0 Å². The minimum absolute atomic E-state index is 0.0218. The van der Waals surface area contributed by atoms with E-state index in [9.17, 15) is 9.18 Å². The van der Waals surface area contributed by atoms with Crippen molar-refractivity contribution in [2.24, 2.45) is 0 Å². The summed E-state index contributed by atoms with van der Waals surface area (Å²) < 4.78 is 13.7. The first-order valence-electron chi connectivity index (χ1n) is 6.78. The van der Waals surface area contributed by atoms with Crippen molar-refractivity contribution in [2.45, 2.75) is 31.8 Å². The number of hydrogen-bond donors (Lipinski definition) is 1. The summed E-state index contributed by atoms with van der Waals surface area (Å²) in [6, 6.07) is 6.00. The van der Waals surface area contributed by atoms with Crippen LogP contribution in [0.2, 0.25) is 0 Å². The fourth-order valence-corrected chi connectivity index (χ4v) is 2.43. The quantitative estimate of drug-likeness (QED) is 0.915. The van der Waals surface area contributed by atoms with Gasteiger partial charge in [-0.25, -0.2) is 4.39 Å². The molecule has 1 fully saturated rings. The molecule has 1 heterocycles. The largest absolute Gasteiger partial charge is 0.340 e. The van der Waals surface area contributed by atoms with Crippen molar-refractivity contribution in [3.05, 3.63) is 35.1 Å². The van der Waals surface area contributed by atoms with E-state index in [-0.39, 0.29) is 24.3 Å². The Morgan fingerprint density at radius 1 is 1.55 bits per heavy atom. The summed E-state index contributed by atoms with van der Waals surface area (Å²) in [5.41, 5.74) is 0.772. The zero-order valence-corrected chi connectivity index (χ0v) is 11.5. The average molecular weight is 275 g/mol. The third kappa shape index (κ3) is 3.34. The highest BCUT2D eigenvalue weighted by Crippen LogP contribution is 2.15. The smallest absolute Gasteiger partial charge is 0.239 e. The van der Waals surface area contributed by atoms with E-state index in [1.54, 1.807) is 7.05 Å². The molecule has 1 aromatic rings. The minimum atomic E-state index is -0.389. The van der Waals surface area contributed by atoms with Crippen LogP contribution < -0.4 is 5.32 Å². The van der Waals surface area contributed by atoms with E-state index >= 15 is 0 Å². The zero-order chi connectivity index (χ0) is 14.5. The second-order valence-corrected chi connectivity index (χ2v) is 5.11. The fraction of sp³-hybridized carbons (Fsp3) is 0.467. The Balaban J connectivity index is 2.05. The van der Waals surface area contributed by atoms with E-state index in [0.717, 1.165) is 25.8 Å². The van der Waals surface area contributed by atoms with E-state index in [4.69, 9.17) is 5.26 Å². The van der Waals surface area contributed by atoms with Crippen LogP contribution in [-0.4, -0.2) is 30.4 Å². The van der Waals surface area contributed by atoms with Gasteiger partial charge in [0, 0.05) is 19.2 Å². The molecule has 4 nitrogen and oxygen atoms in total.